The van der Waals surface area contributed by atoms with E-state index in [1.165, 1.54) is 5.52 Å². The lowest BCUT2D eigenvalue weighted by Gasteiger charge is -2.22. The molecule has 1 amide bonds. The van der Waals surface area contributed by atoms with Crippen molar-refractivity contribution in [3.8, 4) is 0 Å². The van der Waals surface area contributed by atoms with Crippen LogP contribution in [0.15, 0.2) is 24.3 Å². The number of carbonyl (C=O) groups excluding carboxylic acids is 1. The summed E-state index contributed by atoms with van der Waals surface area (Å²) >= 11 is 0. The number of aromatic nitrogens is 2. The van der Waals surface area contributed by atoms with Crippen molar-refractivity contribution in [1.82, 2.24) is 20.2 Å². The Hall–Kier alpha value is -1.88. The van der Waals surface area contributed by atoms with Gasteiger partial charge in [-0.05, 0) is 45.4 Å². The van der Waals surface area contributed by atoms with Crippen molar-refractivity contribution in [2.45, 2.75) is 39.2 Å². The van der Waals surface area contributed by atoms with Gasteiger partial charge in [0.25, 0.3) is 0 Å². The summed E-state index contributed by atoms with van der Waals surface area (Å²) in [6.07, 6.45) is 2.84. The van der Waals surface area contributed by atoms with Crippen molar-refractivity contribution in [2.75, 3.05) is 19.6 Å². The maximum atomic E-state index is 12.2. The van der Waals surface area contributed by atoms with Gasteiger partial charge < -0.3 is 15.2 Å². The molecule has 0 spiro atoms. The number of piperidine rings is 1. The minimum atomic E-state index is 0.118. The van der Waals surface area contributed by atoms with Crippen LogP contribution in [0.3, 0.4) is 0 Å². The summed E-state index contributed by atoms with van der Waals surface area (Å²) in [7, 11) is 0. The van der Waals surface area contributed by atoms with Crippen LogP contribution in [0.25, 0.3) is 11.0 Å². The molecule has 1 saturated heterocycles. The Bertz CT molecular complexity index is 671. The second-order valence-electron chi connectivity index (χ2n) is 6.56. The molecule has 23 heavy (non-hydrogen) atoms. The highest BCUT2D eigenvalue weighted by Gasteiger charge is 2.20. The van der Waals surface area contributed by atoms with Crippen LogP contribution in [-0.2, 0) is 11.2 Å². The van der Waals surface area contributed by atoms with Gasteiger partial charge in [-0.1, -0.05) is 12.1 Å². The topological polar surface area (TPSA) is 59.0 Å². The third kappa shape index (κ3) is 3.55. The van der Waals surface area contributed by atoms with Crippen LogP contribution in [0.4, 0.5) is 0 Å². The van der Waals surface area contributed by atoms with Gasteiger partial charge in [-0.25, -0.2) is 4.98 Å². The average molecular weight is 314 g/mol. The minimum Gasteiger partial charge on any atom is -0.355 e. The van der Waals surface area contributed by atoms with E-state index in [1.807, 2.05) is 18.2 Å². The first-order valence-corrected chi connectivity index (χ1v) is 8.61. The van der Waals surface area contributed by atoms with Crippen molar-refractivity contribution in [3.05, 3.63) is 30.1 Å². The average Bonchev–Trinajstić information content (AvgIpc) is 2.94. The second kappa shape index (κ2) is 7.13. The summed E-state index contributed by atoms with van der Waals surface area (Å²) in [5.41, 5.74) is 2.19. The van der Waals surface area contributed by atoms with E-state index < -0.39 is 0 Å². The molecule has 2 N–H and O–H groups in total. The van der Waals surface area contributed by atoms with Gasteiger partial charge in [0.15, 0.2) is 0 Å². The first-order chi connectivity index (χ1) is 11.2. The van der Waals surface area contributed by atoms with E-state index in [4.69, 9.17) is 4.98 Å². The summed E-state index contributed by atoms with van der Waals surface area (Å²) in [5.74, 6) is 1.33. The van der Waals surface area contributed by atoms with Crippen molar-refractivity contribution < 1.29 is 4.79 Å². The molecule has 1 aromatic heterocycles. The first kappa shape index (κ1) is 16.0. The first-order valence-electron chi connectivity index (χ1n) is 8.61. The number of nitrogens with one attached hydrogen (secondary N) is 2. The minimum absolute atomic E-state index is 0.118. The summed E-state index contributed by atoms with van der Waals surface area (Å²) in [5, 5.41) is 6.37. The quantitative estimate of drug-likeness (QED) is 0.890. The molecule has 124 valence electrons. The molecule has 5 heteroatoms. The van der Waals surface area contributed by atoms with Gasteiger partial charge in [0, 0.05) is 25.6 Å². The molecule has 0 radical (unpaired) electrons. The van der Waals surface area contributed by atoms with Gasteiger partial charge in [0.05, 0.1) is 17.0 Å². The van der Waals surface area contributed by atoms with E-state index >= 15 is 0 Å². The number of imidazole rings is 1. The number of fused-ring (bicyclic) bond motifs is 1. The maximum Gasteiger partial charge on any atom is 0.224 e. The zero-order valence-electron chi connectivity index (χ0n) is 14.0. The van der Waals surface area contributed by atoms with Crippen LogP contribution in [0.2, 0.25) is 0 Å². The lowest BCUT2D eigenvalue weighted by molar-refractivity contribution is -0.125. The number of hydrogen-bond donors (Lipinski definition) is 2. The number of benzene rings is 1. The molecule has 1 unspecified atom stereocenters. The Balaban J connectivity index is 1.65. The standard InChI is InChI=1S/C18H26N4O/c1-13(2)22-16-8-4-3-7-15(16)21-17(22)9-11-20-18(23)14-6-5-10-19-12-14/h3-4,7-8,13-14,19H,5-6,9-12H2,1-2H3,(H,20,23). The van der Waals surface area contributed by atoms with Crippen molar-refractivity contribution in [3.63, 3.8) is 0 Å². The van der Waals surface area contributed by atoms with Crippen molar-refractivity contribution in [2.24, 2.45) is 5.92 Å². The number of hydrogen-bond acceptors (Lipinski definition) is 3. The predicted molar refractivity (Wildman–Crippen MR) is 92.4 cm³/mol. The van der Waals surface area contributed by atoms with Crippen molar-refractivity contribution in [1.29, 1.82) is 0 Å². The van der Waals surface area contributed by atoms with Crippen LogP contribution in [0.1, 0.15) is 38.6 Å². The highest BCUT2D eigenvalue weighted by atomic mass is 16.1. The molecular weight excluding hydrogens is 288 g/mol. The fourth-order valence-electron chi connectivity index (χ4n) is 3.36. The molecule has 1 aliphatic rings. The van der Waals surface area contributed by atoms with Crippen LogP contribution in [0, 0.1) is 5.92 Å². The fraction of sp³-hybridized carbons (Fsp3) is 0.556. The van der Waals surface area contributed by atoms with E-state index in [-0.39, 0.29) is 11.8 Å². The zero-order chi connectivity index (χ0) is 16.2. The highest BCUT2D eigenvalue weighted by molar-refractivity contribution is 5.79. The molecule has 1 atom stereocenters. The fourth-order valence-corrected chi connectivity index (χ4v) is 3.36. The van der Waals surface area contributed by atoms with Gasteiger partial charge in [0.2, 0.25) is 5.91 Å². The molecule has 0 aliphatic carbocycles. The number of amides is 1. The van der Waals surface area contributed by atoms with Crippen LogP contribution in [0.5, 0.6) is 0 Å². The van der Waals surface area contributed by atoms with Crippen molar-refractivity contribution >= 4 is 16.9 Å². The van der Waals surface area contributed by atoms with Gasteiger partial charge in [0.1, 0.15) is 5.82 Å². The maximum absolute atomic E-state index is 12.2. The molecule has 0 bridgehead atoms. The van der Waals surface area contributed by atoms with Crippen LogP contribution >= 0.6 is 0 Å². The van der Waals surface area contributed by atoms with E-state index in [0.717, 1.165) is 43.7 Å². The molecule has 2 aromatic rings. The van der Waals surface area contributed by atoms with E-state index in [1.54, 1.807) is 0 Å². The molecule has 1 fully saturated rings. The SMILES string of the molecule is CC(C)n1c(CCNC(=O)C2CCCNC2)nc2ccccc21. The molecule has 5 nitrogen and oxygen atoms in total. The molecule has 1 aromatic carbocycles. The summed E-state index contributed by atoms with van der Waals surface area (Å²) < 4.78 is 2.27. The van der Waals surface area contributed by atoms with E-state index in [2.05, 4.69) is 35.1 Å². The Morgan fingerprint density at radius 2 is 2.26 bits per heavy atom. The van der Waals surface area contributed by atoms with Gasteiger partial charge in [-0.2, -0.15) is 0 Å². The van der Waals surface area contributed by atoms with Crippen LogP contribution < -0.4 is 10.6 Å². The third-order valence-corrected chi connectivity index (χ3v) is 4.50. The smallest absolute Gasteiger partial charge is 0.224 e. The van der Waals surface area contributed by atoms with E-state index in [0.29, 0.717) is 12.6 Å². The molecule has 3 rings (SSSR count). The zero-order valence-corrected chi connectivity index (χ0v) is 14.0. The summed E-state index contributed by atoms with van der Waals surface area (Å²) in [6.45, 7) is 6.82. The Morgan fingerprint density at radius 3 is 3.00 bits per heavy atom. The normalized spacial score (nSPS) is 18.5. The Labute approximate surface area is 137 Å². The van der Waals surface area contributed by atoms with Gasteiger partial charge in [-0.15, -0.1) is 0 Å². The Kier molecular flexibility index (Phi) is 4.96. The summed E-state index contributed by atoms with van der Waals surface area (Å²) in [6, 6.07) is 8.57. The second-order valence-corrected chi connectivity index (χ2v) is 6.56. The highest BCUT2D eigenvalue weighted by Crippen LogP contribution is 2.21. The molecule has 2 heterocycles. The molecule has 0 saturated carbocycles. The Morgan fingerprint density at radius 1 is 1.43 bits per heavy atom. The number of para-hydroxylation sites is 2. The molecular formula is C18H26N4O. The lowest BCUT2D eigenvalue weighted by Crippen LogP contribution is -2.41. The lowest BCUT2D eigenvalue weighted by atomic mass is 9.99. The largest absolute Gasteiger partial charge is 0.355 e. The van der Waals surface area contributed by atoms with E-state index in [9.17, 15) is 4.79 Å². The molecule has 1 aliphatic heterocycles. The number of nitrogens with zero attached hydrogens (tertiary/aromatic N) is 2. The predicted octanol–water partition coefficient (Wildman–Crippen LogP) is 2.28. The monoisotopic (exact) mass is 314 g/mol. The summed E-state index contributed by atoms with van der Waals surface area (Å²) in [4.78, 5) is 16.9. The third-order valence-electron chi connectivity index (χ3n) is 4.50. The van der Waals surface area contributed by atoms with Gasteiger partial charge in [-0.3, -0.25) is 4.79 Å². The van der Waals surface area contributed by atoms with Crippen LogP contribution in [-0.4, -0.2) is 35.1 Å². The number of rotatable bonds is 5. The number of carbonyl (C=O) groups is 1. The van der Waals surface area contributed by atoms with Gasteiger partial charge >= 0.3 is 0 Å².